The summed E-state index contributed by atoms with van der Waals surface area (Å²) in [7, 11) is 0. The molecular formula is C11H22N2O7. The Balaban J connectivity index is 4.18. The first kappa shape index (κ1) is 18.9. The molecule has 0 saturated heterocycles. The fourth-order valence-electron chi connectivity index (χ4n) is 1.31. The van der Waals surface area contributed by atoms with Gasteiger partial charge in [0.25, 0.3) is 5.91 Å². The number of Topliss-reactive ketones (excluding diaryl/α,β-unsaturated/α-hetero) is 1. The fourth-order valence-corrected chi connectivity index (χ4v) is 1.31. The molecule has 0 fully saturated rings. The van der Waals surface area contributed by atoms with E-state index in [0.29, 0.717) is 13.2 Å². The molecule has 9 heteroatoms. The number of rotatable bonds is 10. The zero-order valence-corrected chi connectivity index (χ0v) is 11.2. The normalized spacial score (nSPS) is 17.1. The van der Waals surface area contributed by atoms with E-state index in [-0.39, 0.29) is 13.2 Å². The van der Waals surface area contributed by atoms with Crippen LogP contribution in [-0.4, -0.2) is 82.8 Å². The molecular weight excluding hydrogens is 272 g/mol. The maximum absolute atomic E-state index is 11.4. The van der Waals surface area contributed by atoms with Gasteiger partial charge in [-0.25, -0.2) is 0 Å². The summed E-state index contributed by atoms with van der Waals surface area (Å²) in [5, 5.41) is 39.9. The molecule has 9 nitrogen and oxygen atoms in total. The van der Waals surface area contributed by atoms with Crippen LogP contribution in [0.2, 0.25) is 0 Å². The van der Waals surface area contributed by atoms with E-state index in [1.54, 1.807) is 0 Å². The van der Waals surface area contributed by atoms with E-state index in [1.165, 1.54) is 0 Å². The third-order valence-corrected chi connectivity index (χ3v) is 2.49. The lowest BCUT2D eigenvalue weighted by Crippen LogP contribution is -2.52. The number of nitrogens with one attached hydrogen (secondary N) is 1. The van der Waals surface area contributed by atoms with Gasteiger partial charge in [-0.15, -0.1) is 0 Å². The molecule has 0 aliphatic heterocycles. The molecule has 20 heavy (non-hydrogen) atoms. The van der Waals surface area contributed by atoms with Gasteiger partial charge in [-0.05, 0) is 6.92 Å². The van der Waals surface area contributed by atoms with Crippen LogP contribution in [-0.2, 0) is 14.3 Å². The van der Waals surface area contributed by atoms with Crippen molar-refractivity contribution >= 4 is 11.7 Å². The predicted octanol–water partition coefficient (Wildman–Crippen LogP) is -3.89. The number of ketones is 1. The van der Waals surface area contributed by atoms with Gasteiger partial charge in [-0.3, -0.25) is 9.59 Å². The Kier molecular flexibility index (Phi) is 9.21. The van der Waals surface area contributed by atoms with Crippen LogP contribution in [0.25, 0.3) is 0 Å². The van der Waals surface area contributed by atoms with Crippen molar-refractivity contribution in [1.82, 2.24) is 5.32 Å². The minimum Gasteiger partial charge on any atom is -0.387 e. The molecule has 7 N–H and O–H groups in total. The topological polar surface area (TPSA) is 162 Å². The van der Waals surface area contributed by atoms with Crippen molar-refractivity contribution in [2.45, 2.75) is 31.3 Å². The highest BCUT2D eigenvalue weighted by Gasteiger charge is 2.35. The Morgan fingerprint density at radius 1 is 1.10 bits per heavy atom. The Labute approximate surface area is 116 Å². The zero-order valence-electron chi connectivity index (χ0n) is 11.2. The largest absolute Gasteiger partial charge is 0.387 e. The molecule has 1 amide bonds. The van der Waals surface area contributed by atoms with E-state index in [9.17, 15) is 30.0 Å². The summed E-state index contributed by atoms with van der Waals surface area (Å²) < 4.78 is 4.97. The molecule has 0 aliphatic carbocycles. The summed E-state index contributed by atoms with van der Waals surface area (Å²) in [5.41, 5.74) is 5.18. The summed E-state index contributed by atoms with van der Waals surface area (Å²) in [6.45, 7) is 1.91. The number of carbonyl (C=O) groups is 2. The maximum Gasteiger partial charge on any atom is 0.251 e. The first-order valence-corrected chi connectivity index (χ1v) is 6.11. The van der Waals surface area contributed by atoms with Crippen molar-refractivity contribution in [3.8, 4) is 0 Å². The number of aliphatic hydroxyl groups excluding tert-OH is 4. The minimum atomic E-state index is -1.99. The summed E-state index contributed by atoms with van der Waals surface area (Å²) in [5.74, 6) is -1.75. The van der Waals surface area contributed by atoms with Gasteiger partial charge >= 0.3 is 0 Å². The first-order valence-electron chi connectivity index (χ1n) is 6.11. The average molecular weight is 294 g/mol. The van der Waals surface area contributed by atoms with Crippen LogP contribution in [0.4, 0.5) is 0 Å². The van der Waals surface area contributed by atoms with Crippen LogP contribution in [0, 0.1) is 0 Å². The second-order valence-electron chi connectivity index (χ2n) is 4.17. The Bertz CT molecular complexity index is 313. The van der Waals surface area contributed by atoms with Gasteiger partial charge < -0.3 is 36.2 Å². The molecule has 4 atom stereocenters. The van der Waals surface area contributed by atoms with E-state index in [4.69, 9.17) is 10.5 Å². The van der Waals surface area contributed by atoms with E-state index in [2.05, 4.69) is 5.32 Å². The van der Waals surface area contributed by atoms with Gasteiger partial charge in [0.2, 0.25) is 0 Å². The number of nitrogens with two attached hydrogens (primary N) is 1. The number of amides is 1. The van der Waals surface area contributed by atoms with Crippen LogP contribution in [0.3, 0.4) is 0 Å². The van der Waals surface area contributed by atoms with Gasteiger partial charge in [0.15, 0.2) is 11.9 Å². The Morgan fingerprint density at radius 2 is 1.65 bits per heavy atom. The van der Waals surface area contributed by atoms with Crippen LogP contribution in [0.1, 0.15) is 6.92 Å². The monoisotopic (exact) mass is 294 g/mol. The lowest BCUT2D eigenvalue weighted by molar-refractivity contribution is -0.153. The number of ether oxygens (including phenoxy) is 1. The predicted molar refractivity (Wildman–Crippen MR) is 67.6 cm³/mol. The second-order valence-corrected chi connectivity index (χ2v) is 4.17. The van der Waals surface area contributed by atoms with E-state index < -0.39 is 36.1 Å². The Morgan fingerprint density at radius 3 is 2.15 bits per heavy atom. The summed E-state index contributed by atoms with van der Waals surface area (Å²) >= 11 is 0. The molecule has 0 unspecified atom stereocenters. The summed E-state index contributed by atoms with van der Waals surface area (Å²) in [6, 6.07) is 0. The molecule has 0 spiro atoms. The highest BCUT2D eigenvalue weighted by Crippen LogP contribution is 2.06. The van der Waals surface area contributed by atoms with Crippen molar-refractivity contribution in [2.24, 2.45) is 5.73 Å². The third-order valence-electron chi connectivity index (χ3n) is 2.49. The second kappa shape index (κ2) is 9.75. The molecule has 0 aromatic heterocycles. The van der Waals surface area contributed by atoms with Crippen LogP contribution in [0.5, 0.6) is 0 Å². The van der Waals surface area contributed by atoms with Crippen molar-refractivity contribution < 1.29 is 34.8 Å². The lowest BCUT2D eigenvalue weighted by atomic mass is 10.0. The van der Waals surface area contributed by atoms with Gasteiger partial charge in [-0.1, -0.05) is 0 Å². The van der Waals surface area contributed by atoms with Gasteiger partial charge in [-0.2, -0.15) is 0 Å². The summed E-state index contributed by atoms with van der Waals surface area (Å²) in [6.07, 6.45) is -7.80. The van der Waals surface area contributed by atoms with Crippen LogP contribution < -0.4 is 11.1 Å². The Hall–Kier alpha value is -1.10. The molecule has 0 heterocycles. The molecule has 0 bridgehead atoms. The summed E-state index contributed by atoms with van der Waals surface area (Å²) in [4.78, 5) is 22.3. The lowest BCUT2D eigenvalue weighted by Gasteiger charge is -2.24. The fraction of sp³-hybridized carbons (Fsp3) is 0.818. The SMILES string of the molecule is CC(=O)[C@H](O)[C@@H](O)[C@@H](O)[C@H](O)C(=O)NCCOCCN. The highest BCUT2D eigenvalue weighted by molar-refractivity contribution is 5.83. The minimum absolute atomic E-state index is 0.0774. The molecule has 0 rings (SSSR count). The molecule has 0 saturated carbocycles. The van der Waals surface area contributed by atoms with Crippen LogP contribution >= 0.6 is 0 Å². The first-order chi connectivity index (χ1) is 9.32. The van der Waals surface area contributed by atoms with E-state index in [0.717, 1.165) is 6.92 Å². The smallest absolute Gasteiger partial charge is 0.251 e. The maximum atomic E-state index is 11.4. The third kappa shape index (κ3) is 6.37. The van der Waals surface area contributed by atoms with Gasteiger partial charge in [0.05, 0.1) is 13.2 Å². The quantitative estimate of drug-likeness (QED) is 0.223. The standard InChI is InChI=1S/C11H22N2O7/c1-6(14)7(15)8(16)9(17)10(18)11(19)13-3-5-20-4-2-12/h7-10,15-18H,2-5,12H2,1H3,(H,13,19)/t7-,8+,9+,10-/m0/s1. The molecule has 0 aliphatic rings. The van der Waals surface area contributed by atoms with E-state index >= 15 is 0 Å². The van der Waals surface area contributed by atoms with Gasteiger partial charge in [0, 0.05) is 13.1 Å². The van der Waals surface area contributed by atoms with Gasteiger partial charge in [0.1, 0.15) is 18.3 Å². The number of hydrogen-bond acceptors (Lipinski definition) is 8. The van der Waals surface area contributed by atoms with Crippen molar-refractivity contribution in [2.75, 3.05) is 26.3 Å². The number of aliphatic hydroxyl groups is 4. The van der Waals surface area contributed by atoms with E-state index in [1.807, 2.05) is 0 Å². The number of carbonyl (C=O) groups excluding carboxylic acids is 2. The van der Waals surface area contributed by atoms with Crippen molar-refractivity contribution in [1.29, 1.82) is 0 Å². The van der Waals surface area contributed by atoms with Crippen molar-refractivity contribution in [3.05, 3.63) is 0 Å². The van der Waals surface area contributed by atoms with Crippen LogP contribution in [0.15, 0.2) is 0 Å². The molecule has 0 aromatic carbocycles. The molecule has 118 valence electrons. The number of hydrogen-bond donors (Lipinski definition) is 6. The van der Waals surface area contributed by atoms with Crippen molar-refractivity contribution in [3.63, 3.8) is 0 Å². The molecule has 0 aromatic rings. The highest BCUT2D eigenvalue weighted by atomic mass is 16.5. The average Bonchev–Trinajstić information content (AvgIpc) is 2.43. The zero-order chi connectivity index (χ0) is 15.7. The molecule has 0 radical (unpaired) electrons.